The lowest BCUT2D eigenvalue weighted by Crippen LogP contribution is -2.46. The van der Waals surface area contributed by atoms with Crippen molar-refractivity contribution in [3.8, 4) is 0 Å². The Balaban J connectivity index is 1.51. The summed E-state index contributed by atoms with van der Waals surface area (Å²) in [6.07, 6.45) is 0.766. The molecule has 0 bridgehead atoms. The first kappa shape index (κ1) is 17.1. The zero-order valence-electron chi connectivity index (χ0n) is 13.9. The van der Waals surface area contributed by atoms with Crippen LogP contribution >= 0.6 is 11.3 Å². The van der Waals surface area contributed by atoms with Gasteiger partial charge in [-0.1, -0.05) is 30.3 Å². The minimum absolute atomic E-state index is 0.0914. The number of amides is 1. The van der Waals surface area contributed by atoms with Crippen LogP contribution in [0.3, 0.4) is 0 Å². The number of hydrogen-bond acceptors (Lipinski definition) is 5. The van der Waals surface area contributed by atoms with Crippen molar-refractivity contribution in [3.63, 3.8) is 0 Å². The topological polar surface area (TPSA) is 54.5 Å². The summed E-state index contributed by atoms with van der Waals surface area (Å²) in [6.45, 7) is 6.28. The van der Waals surface area contributed by atoms with Crippen LogP contribution in [0.15, 0.2) is 35.7 Å². The first-order valence-corrected chi connectivity index (χ1v) is 9.18. The number of carbonyl (C=O) groups is 1. The highest BCUT2D eigenvalue weighted by Crippen LogP contribution is 2.15. The summed E-state index contributed by atoms with van der Waals surface area (Å²) >= 11 is 1.54. The highest BCUT2D eigenvalue weighted by molar-refractivity contribution is 7.09. The van der Waals surface area contributed by atoms with Crippen LogP contribution in [0.4, 0.5) is 0 Å². The number of aromatic nitrogens is 1. The highest BCUT2D eigenvalue weighted by Gasteiger charge is 2.17. The van der Waals surface area contributed by atoms with Crippen LogP contribution in [0.5, 0.6) is 0 Å². The zero-order valence-corrected chi connectivity index (χ0v) is 14.7. The van der Waals surface area contributed by atoms with Gasteiger partial charge in [0.15, 0.2) is 0 Å². The Labute approximate surface area is 146 Å². The van der Waals surface area contributed by atoms with Crippen LogP contribution in [0.2, 0.25) is 0 Å². The summed E-state index contributed by atoms with van der Waals surface area (Å²) < 4.78 is 5.35. The second kappa shape index (κ2) is 8.37. The maximum atomic E-state index is 12.4. The normalized spacial score (nSPS) is 16.7. The molecule has 1 saturated heterocycles. The molecule has 1 atom stereocenters. The van der Waals surface area contributed by atoms with Crippen molar-refractivity contribution in [2.24, 2.45) is 0 Å². The summed E-state index contributed by atoms with van der Waals surface area (Å²) in [6, 6.07) is 10.3. The molecule has 1 amide bonds. The quantitative estimate of drug-likeness (QED) is 0.872. The average molecular weight is 345 g/mol. The maximum absolute atomic E-state index is 12.4. The predicted molar refractivity (Wildman–Crippen MR) is 95.5 cm³/mol. The van der Waals surface area contributed by atoms with E-state index >= 15 is 0 Å². The molecule has 2 heterocycles. The van der Waals surface area contributed by atoms with Gasteiger partial charge in [0.25, 0.3) is 5.91 Å². The van der Waals surface area contributed by atoms with E-state index in [0.29, 0.717) is 5.69 Å². The molecule has 1 aliphatic rings. The van der Waals surface area contributed by atoms with Gasteiger partial charge in [0.1, 0.15) is 5.69 Å². The van der Waals surface area contributed by atoms with E-state index in [4.69, 9.17) is 4.74 Å². The fourth-order valence-corrected chi connectivity index (χ4v) is 3.59. The molecule has 5 nitrogen and oxygen atoms in total. The Bertz CT molecular complexity index is 653. The minimum atomic E-state index is -0.0914. The number of nitrogens with zero attached hydrogens (tertiary/aromatic N) is 2. The molecule has 0 unspecified atom stereocenters. The van der Waals surface area contributed by atoms with Gasteiger partial charge in [-0.2, -0.15) is 0 Å². The largest absolute Gasteiger partial charge is 0.379 e. The molecule has 1 fully saturated rings. The van der Waals surface area contributed by atoms with Crippen LogP contribution in [0.1, 0.15) is 28.0 Å². The molecule has 6 heteroatoms. The smallest absolute Gasteiger partial charge is 0.271 e. The Hall–Kier alpha value is -1.76. The van der Waals surface area contributed by atoms with E-state index < -0.39 is 0 Å². The molecule has 0 spiro atoms. The van der Waals surface area contributed by atoms with Gasteiger partial charge < -0.3 is 10.1 Å². The third-order valence-electron chi connectivity index (χ3n) is 4.00. The van der Waals surface area contributed by atoms with Crippen molar-refractivity contribution in [3.05, 3.63) is 52.0 Å². The van der Waals surface area contributed by atoms with Gasteiger partial charge in [-0.05, 0) is 12.5 Å². The van der Waals surface area contributed by atoms with E-state index in [1.54, 1.807) is 0 Å². The van der Waals surface area contributed by atoms with E-state index in [2.05, 4.69) is 27.3 Å². The Morgan fingerprint density at radius 1 is 1.33 bits per heavy atom. The van der Waals surface area contributed by atoms with Crippen molar-refractivity contribution in [1.82, 2.24) is 15.2 Å². The fraction of sp³-hybridized carbons (Fsp3) is 0.444. The van der Waals surface area contributed by atoms with Gasteiger partial charge in [-0.25, -0.2) is 4.98 Å². The summed E-state index contributed by atoms with van der Waals surface area (Å²) in [5.74, 6) is -0.0914. The van der Waals surface area contributed by atoms with Gasteiger partial charge in [0.05, 0.1) is 18.2 Å². The molecule has 1 aromatic heterocycles. The van der Waals surface area contributed by atoms with Crippen molar-refractivity contribution < 1.29 is 9.53 Å². The first-order chi connectivity index (χ1) is 11.7. The molecular weight excluding hydrogens is 322 g/mol. The Kier molecular flexibility index (Phi) is 5.96. The molecule has 1 aliphatic heterocycles. The summed E-state index contributed by atoms with van der Waals surface area (Å²) in [5.41, 5.74) is 1.72. The van der Waals surface area contributed by atoms with Crippen molar-refractivity contribution in [1.29, 1.82) is 0 Å². The van der Waals surface area contributed by atoms with Crippen molar-refractivity contribution in [2.45, 2.75) is 19.4 Å². The van der Waals surface area contributed by atoms with E-state index in [0.717, 1.165) is 44.3 Å². The number of carbonyl (C=O) groups excluding carboxylic acids is 1. The van der Waals surface area contributed by atoms with Gasteiger partial charge in [0.2, 0.25) is 0 Å². The van der Waals surface area contributed by atoms with Crippen molar-refractivity contribution in [2.75, 3.05) is 32.8 Å². The lowest BCUT2D eigenvalue weighted by molar-refractivity contribution is 0.0342. The Morgan fingerprint density at radius 2 is 2.08 bits per heavy atom. The minimum Gasteiger partial charge on any atom is -0.379 e. The number of rotatable bonds is 6. The van der Waals surface area contributed by atoms with E-state index in [1.165, 1.54) is 16.9 Å². The fourth-order valence-electron chi connectivity index (χ4n) is 2.78. The molecule has 1 aromatic carbocycles. The summed E-state index contributed by atoms with van der Waals surface area (Å²) in [4.78, 5) is 19.1. The maximum Gasteiger partial charge on any atom is 0.271 e. The molecule has 128 valence electrons. The Morgan fingerprint density at radius 3 is 2.83 bits per heavy atom. The summed E-state index contributed by atoms with van der Waals surface area (Å²) in [5, 5.41) is 5.85. The number of benzene rings is 1. The molecule has 2 aromatic rings. The molecule has 24 heavy (non-hydrogen) atoms. The van der Waals surface area contributed by atoms with E-state index in [-0.39, 0.29) is 11.9 Å². The molecular formula is C18H23N3O2S. The third kappa shape index (κ3) is 4.87. The highest BCUT2D eigenvalue weighted by atomic mass is 32.1. The van der Waals surface area contributed by atoms with Gasteiger partial charge in [-0.15, -0.1) is 11.3 Å². The van der Waals surface area contributed by atoms with Gasteiger partial charge in [-0.3, -0.25) is 9.69 Å². The van der Waals surface area contributed by atoms with Crippen LogP contribution in [-0.4, -0.2) is 54.7 Å². The number of hydrogen-bond donors (Lipinski definition) is 1. The van der Waals surface area contributed by atoms with Gasteiger partial charge in [0, 0.05) is 37.5 Å². The van der Waals surface area contributed by atoms with Crippen LogP contribution in [-0.2, 0) is 11.2 Å². The number of morpholine rings is 1. The average Bonchev–Trinajstić information content (AvgIpc) is 3.05. The number of nitrogens with one attached hydrogen (secondary N) is 1. The standard InChI is InChI=1S/C18H23N3O2S/c1-14(12-21-7-9-23-10-8-21)19-18(22)16-13-24-17(20-16)11-15-5-3-2-4-6-15/h2-6,13-14H,7-12H2,1H3,(H,19,22)/t14-/m1/s1. The monoisotopic (exact) mass is 345 g/mol. The predicted octanol–water partition coefficient (Wildman–Crippen LogP) is 2.18. The zero-order chi connectivity index (χ0) is 16.8. The lowest BCUT2D eigenvalue weighted by Gasteiger charge is -2.29. The van der Waals surface area contributed by atoms with Crippen LogP contribution < -0.4 is 5.32 Å². The van der Waals surface area contributed by atoms with E-state index in [9.17, 15) is 4.79 Å². The van der Waals surface area contributed by atoms with Crippen molar-refractivity contribution >= 4 is 17.2 Å². The van der Waals surface area contributed by atoms with Crippen LogP contribution in [0.25, 0.3) is 0 Å². The molecule has 0 aliphatic carbocycles. The number of ether oxygens (including phenoxy) is 1. The van der Waals surface area contributed by atoms with E-state index in [1.807, 2.05) is 30.5 Å². The molecule has 3 rings (SSSR count). The lowest BCUT2D eigenvalue weighted by atomic mass is 10.2. The third-order valence-corrected chi connectivity index (χ3v) is 4.84. The number of thiazole rings is 1. The van der Waals surface area contributed by atoms with Crippen LogP contribution in [0, 0.1) is 0 Å². The second-order valence-corrected chi connectivity index (χ2v) is 7.02. The SMILES string of the molecule is C[C@H](CN1CCOCC1)NC(=O)c1csc(Cc2ccccc2)n1. The first-order valence-electron chi connectivity index (χ1n) is 8.30. The molecule has 0 radical (unpaired) electrons. The molecule has 0 saturated carbocycles. The molecule has 1 N–H and O–H groups in total. The second-order valence-electron chi connectivity index (χ2n) is 6.08. The summed E-state index contributed by atoms with van der Waals surface area (Å²) in [7, 11) is 0. The van der Waals surface area contributed by atoms with Gasteiger partial charge >= 0.3 is 0 Å².